The van der Waals surface area contributed by atoms with E-state index < -0.39 is 5.60 Å². The van der Waals surface area contributed by atoms with E-state index in [0.717, 1.165) is 30.8 Å². The number of rotatable bonds is 3. The summed E-state index contributed by atoms with van der Waals surface area (Å²) in [6.07, 6.45) is 1.84. The van der Waals surface area contributed by atoms with E-state index in [1.165, 1.54) is 0 Å². The second-order valence-corrected chi connectivity index (χ2v) is 7.01. The molecule has 1 aliphatic heterocycles. The van der Waals surface area contributed by atoms with E-state index in [-0.39, 0.29) is 12.0 Å². The van der Waals surface area contributed by atoms with Crippen molar-refractivity contribution < 1.29 is 9.53 Å². The van der Waals surface area contributed by atoms with Gasteiger partial charge in [0, 0.05) is 13.6 Å². The molecule has 1 atom stereocenters. The summed E-state index contributed by atoms with van der Waals surface area (Å²) in [5, 5.41) is 5.01. The minimum atomic E-state index is -0.452. The number of hydrogen-bond donors (Lipinski definition) is 0. The second kappa shape index (κ2) is 5.97. The topological polar surface area (TPSA) is 47.4 Å². The summed E-state index contributed by atoms with van der Waals surface area (Å²) in [7, 11) is 1.88. The van der Waals surface area contributed by atoms with Crippen LogP contribution in [0.4, 0.5) is 0 Å². The molecule has 1 aliphatic rings. The molecule has 2 rings (SSSR count). The van der Waals surface area contributed by atoms with E-state index in [2.05, 4.69) is 10.00 Å². The number of halogens is 1. The van der Waals surface area contributed by atoms with Crippen LogP contribution in [0.3, 0.4) is 0 Å². The van der Waals surface area contributed by atoms with Gasteiger partial charge >= 0.3 is 5.97 Å². The van der Waals surface area contributed by atoms with Gasteiger partial charge in [-0.15, -0.1) is 0 Å². The Kier molecular flexibility index (Phi) is 4.63. The highest BCUT2D eigenvalue weighted by atomic mass is 35.5. The van der Waals surface area contributed by atoms with E-state index in [0.29, 0.717) is 11.6 Å². The van der Waals surface area contributed by atoms with Crippen molar-refractivity contribution in [3.8, 4) is 0 Å². The molecule has 0 saturated carbocycles. The Bertz CT molecular complexity index is 534. The van der Waals surface area contributed by atoms with Crippen LogP contribution in [0.1, 0.15) is 45.0 Å². The molecule has 5 nitrogen and oxygen atoms in total. The Balaban J connectivity index is 2.10. The van der Waals surface area contributed by atoms with Crippen molar-refractivity contribution in [1.29, 1.82) is 0 Å². The zero-order valence-electron chi connectivity index (χ0n) is 13.4. The van der Waals surface area contributed by atoms with Gasteiger partial charge in [-0.05, 0) is 47.1 Å². The smallest absolute Gasteiger partial charge is 0.323 e. The average molecular weight is 314 g/mol. The van der Waals surface area contributed by atoms with Crippen LogP contribution in [0.5, 0.6) is 0 Å². The number of aryl methyl sites for hydroxylation is 2. The maximum Gasteiger partial charge on any atom is 0.323 e. The van der Waals surface area contributed by atoms with Crippen molar-refractivity contribution >= 4 is 17.6 Å². The third-order valence-corrected chi connectivity index (χ3v) is 4.15. The first-order valence-corrected chi connectivity index (χ1v) is 7.71. The lowest BCUT2D eigenvalue weighted by Crippen LogP contribution is -2.40. The number of carbonyl (C=O) groups is 1. The molecular formula is C15H24ClN3O2. The van der Waals surface area contributed by atoms with E-state index in [4.69, 9.17) is 16.3 Å². The van der Waals surface area contributed by atoms with Crippen molar-refractivity contribution in [2.75, 3.05) is 6.54 Å². The van der Waals surface area contributed by atoms with Crippen molar-refractivity contribution in [3.05, 3.63) is 16.4 Å². The summed E-state index contributed by atoms with van der Waals surface area (Å²) < 4.78 is 7.31. The van der Waals surface area contributed by atoms with E-state index in [1.54, 1.807) is 4.68 Å². The Hall–Kier alpha value is -1.07. The van der Waals surface area contributed by atoms with Gasteiger partial charge in [0.15, 0.2) is 0 Å². The maximum absolute atomic E-state index is 12.3. The fourth-order valence-corrected chi connectivity index (χ4v) is 2.92. The lowest BCUT2D eigenvalue weighted by molar-refractivity contribution is -0.160. The number of hydrogen-bond acceptors (Lipinski definition) is 4. The van der Waals surface area contributed by atoms with Crippen LogP contribution in [0, 0.1) is 6.92 Å². The first-order chi connectivity index (χ1) is 9.69. The van der Waals surface area contributed by atoms with Gasteiger partial charge in [-0.2, -0.15) is 5.10 Å². The standard InChI is InChI=1S/C15H24ClN3O2/c1-10-13(16)12(18(5)17-10)9-19-8-6-7-11(19)14(20)21-15(2,3)4/h11H,6-9H2,1-5H3/t11-/m0/s1. The zero-order valence-corrected chi connectivity index (χ0v) is 14.2. The molecule has 0 unspecified atom stereocenters. The van der Waals surface area contributed by atoms with Crippen LogP contribution in [-0.4, -0.2) is 38.8 Å². The van der Waals surface area contributed by atoms with Crippen molar-refractivity contribution in [2.45, 2.75) is 58.7 Å². The van der Waals surface area contributed by atoms with E-state index in [9.17, 15) is 4.79 Å². The van der Waals surface area contributed by atoms with Crippen LogP contribution in [0.2, 0.25) is 5.02 Å². The number of esters is 1. The molecule has 1 aromatic rings. The van der Waals surface area contributed by atoms with Gasteiger partial charge in [0.05, 0.1) is 16.4 Å². The van der Waals surface area contributed by atoms with Gasteiger partial charge in [0.25, 0.3) is 0 Å². The lowest BCUT2D eigenvalue weighted by atomic mass is 10.1. The molecule has 118 valence electrons. The number of ether oxygens (including phenoxy) is 1. The van der Waals surface area contributed by atoms with E-state index in [1.807, 2.05) is 34.7 Å². The molecule has 0 amide bonds. The molecule has 2 heterocycles. The summed E-state index contributed by atoms with van der Waals surface area (Å²) in [5.41, 5.74) is 1.32. The SMILES string of the molecule is Cc1nn(C)c(CN2CCC[C@H]2C(=O)OC(C)(C)C)c1Cl. The molecule has 6 heteroatoms. The fourth-order valence-electron chi connectivity index (χ4n) is 2.70. The summed E-state index contributed by atoms with van der Waals surface area (Å²) in [6, 6.07) is -0.185. The lowest BCUT2D eigenvalue weighted by Gasteiger charge is -2.27. The normalized spacial score (nSPS) is 20.0. The van der Waals surface area contributed by atoms with Crippen molar-refractivity contribution in [1.82, 2.24) is 14.7 Å². The molecule has 0 bridgehead atoms. The van der Waals surface area contributed by atoms with Crippen LogP contribution < -0.4 is 0 Å². The minimum absolute atomic E-state index is 0.144. The quantitative estimate of drug-likeness (QED) is 0.805. The van der Waals surface area contributed by atoms with Crippen LogP contribution in [0.15, 0.2) is 0 Å². The summed E-state index contributed by atoms with van der Waals surface area (Å²) in [6.45, 7) is 9.08. The summed E-state index contributed by atoms with van der Waals surface area (Å²) >= 11 is 6.30. The largest absolute Gasteiger partial charge is 0.459 e. The van der Waals surface area contributed by atoms with Gasteiger partial charge < -0.3 is 4.74 Å². The van der Waals surface area contributed by atoms with Crippen molar-refractivity contribution in [2.24, 2.45) is 7.05 Å². The van der Waals surface area contributed by atoms with Gasteiger partial charge in [0.1, 0.15) is 11.6 Å². The Morgan fingerprint density at radius 2 is 2.14 bits per heavy atom. The predicted molar refractivity (Wildman–Crippen MR) is 82.2 cm³/mol. The average Bonchev–Trinajstić information content (AvgIpc) is 2.88. The van der Waals surface area contributed by atoms with Gasteiger partial charge in [-0.3, -0.25) is 14.4 Å². The third-order valence-electron chi connectivity index (χ3n) is 3.66. The highest BCUT2D eigenvalue weighted by Crippen LogP contribution is 2.26. The monoisotopic (exact) mass is 313 g/mol. The third kappa shape index (κ3) is 3.77. The van der Waals surface area contributed by atoms with Crippen LogP contribution in [0.25, 0.3) is 0 Å². The number of aromatic nitrogens is 2. The number of carbonyl (C=O) groups excluding carboxylic acids is 1. The highest BCUT2D eigenvalue weighted by Gasteiger charge is 2.34. The van der Waals surface area contributed by atoms with Crippen LogP contribution >= 0.6 is 11.6 Å². The Morgan fingerprint density at radius 3 is 2.67 bits per heavy atom. The summed E-state index contributed by atoms with van der Waals surface area (Å²) in [4.78, 5) is 14.5. The molecule has 0 aliphatic carbocycles. The molecule has 1 aromatic heterocycles. The Labute approximate surface area is 131 Å². The van der Waals surface area contributed by atoms with Gasteiger partial charge in [-0.1, -0.05) is 11.6 Å². The minimum Gasteiger partial charge on any atom is -0.459 e. The molecule has 21 heavy (non-hydrogen) atoms. The predicted octanol–water partition coefficient (Wildman–Crippen LogP) is 2.69. The molecule has 1 saturated heterocycles. The molecule has 0 aromatic carbocycles. The first-order valence-electron chi connectivity index (χ1n) is 7.34. The van der Waals surface area contributed by atoms with E-state index >= 15 is 0 Å². The molecule has 0 spiro atoms. The highest BCUT2D eigenvalue weighted by molar-refractivity contribution is 6.31. The van der Waals surface area contributed by atoms with Crippen molar-refractivity contribution in [3.63, 3.8) is 0 Å². The fraction of sp³-hybridized carbons (Fsp3) is 0.733. The molecular weight excluding hydrogens is 290 g/mol. The zero-order chi connectivity index (χ0) is 15.8. The van der Waals surface area contributed by atoms with Crippen LogP contribution in [-0.2, 0) is 23.1 Å². The molecule has 0 N–H and O–H groups in total. The first kappa shape index (κ1) is 16.3. The Morgan fingerprint density at radius 1 is 1.48 bits per heavy atom. The number of nitrogens with zero attached hydrogens (tertiary/aromatic N) is 3. The second-order valence-electron chi connectivity index (χ2n) is 6.63. The number of likely N-dealkylation sites (tertiary alicyclic amines) is 1. The molecule has 0 radical (unpaired) electrons. The van der Waals surface area contributed by atoms with Gasteiger partial charge in [-0.25, -0.2) is 0 Å². The van der Waals surface area contributed by atoms with Gasteiger partial charge in [0.2, 0.25) is 0 Å². The molecule has 1 fully saturated rings. The summed E-state index contributed by atoms with van der Waals surface area (Å²) in [5.74, 6) is -0.144. The maximum atomic E-state index is 12.3.